The number of alkyl carbamates (subject to hydrolysis) is 2. The molecule has 0 aliphatic carbocycles. The number of carbonyl (C=O) groups is 2. The third-order valence-electron chi connectivity index (χ3n) is 5.66. The monoisotopic (exact) mass is 490 g/mol. The quantitative estimate of drug-likeness (QED) is 0.546. The molecule has 1 aromatic rings. The minimum Gasteiger partial charge on any atom is -0.444 e. The summed E-state index contributed by atoms with van der Waals surface area (Å²) in [4.78, 5) is 25.4. The normalized spacial score (nSPS) is 20.5. The number of hydrogen-bond donors (Lipinski definition) is 3. The summed E-state index contributed by atoms with van der Waals surface area (Å²) in [6.45, 7) is 15.6. The summed E-state index contributed by atoms with van der Waals surface area (Å²) >= 11 is 0. The van der Waals surface area contributed by atoms with Gasteiger partial charge in [-0.2, -0.15) is 0 Å². The largest absolute Gasteiger partial charge is 0.444 e. The number of hydrogen-bond acceptors (Lipinski definition) is 6. The second kappa shape index (κ2) is 13.7. The maximum atomic E-state index is 11.7. The van der Waals surface area contributed by atoms with Crippen LogP contribution >= 0.6 is 0 Å². The molecule has 2 amide bonds. The highest BCUT2D eigenvalue weighted by Crippen LogP contribution is 2.19. The van der Waals surface area contributed by atoms with E-state index < -0.39 is 11.2 Å². The molecule has 0 radical (unpaired) electrons. The molecule has 3 N–H and O–H groups in total. The van der Waals surface area contributed by atoms with Crippen LogP contribution in [0.2, 0.25) is 0 Å². The average Bonchev–Trinajstić information content (AvgIpc) is 3.42. The van der Waals surface area contributed by atoms with Crippen LogP contribution in [-0.2, 0) is 16.0 Å². The summed E-state index contributed by atoms with van der Waals surface area (Å²) in [5, 5.41) is 8.96. The Bertz CT molecular complexity index is 768. The Morgan fingerprint density at radius 1 is 0.914 bits per heavy atom. The summed E-state index contributed by atoms with van der Waals surface area (Å²) in [5.74, 6) is 0. The molecule has 0 aromatic heterocycles. The fourth-order valence-electron chi connectivity index (χ4n) is 4.12. The second-order valence-electron chi connectivity index (χ2n) is 11.3. The van der Waals surface area contributed by atoms with Crippen molar-refractivity contribution in [3.05, 3.63) is 35.9 Å². The number of carbonyl (C=O) groups excluding carboxylic acids is 2. The molecule has 2 fully saturated rings. The molecule has 35 heavy (non-hydrogen) atoms. The predicted octanol–water partition coefficient (Wildman–Crippen LogP) is 4.44. The molecule has 0 bridgehead atoms. The first kappa shape index (κ1) is 28.9. The van der Waals surface area contributed by atoms with Crippen LogP contribution in [0.15, 0.2) is 30.3 Å². The first-order valence-electron chi connectivity index (χ1n) is 12.9. The van der Waals surface area contributed by atoms with Gasteiger partial charge >= 0.3 is 12.2 Å². The molecule has 0 saturated carbocycles. The molecule has 0 unspecified atom stereocenters. The molecule has 198 valence electrons. The minimum atomic E-state index is -0.441. The van der Waals surface area contributed by atoms with Crippen molar-refractivity contribution in [3.63, 3.8) is 0 Å². The SMILES string of the molecule is CC(C)(C)OC(=O)NC[C@@H]1CCCN1.CC(C)(C)OC(=O)NC[C@@H]1CCCN1Cc1ccccc1. The zero-order valence-corrected chi connectivity index (χ0v) is 22.5. The van der Waals surface area contributed by atoms with Gasteiger partial charge in [-0.15, -0.1) is 0 Å². The lowest BCUT2D eigenvalue weighted by Crippen LogP contribution is -2.41. The lowest BCUT2D eigenvalue weighted by atomic mass is 10.2. The van der Waals surface area contributed by atoms with E-state index in [1.54, 1.807) is 0 Å². The van der Waals surface area contributed by atoms with Crippen LogP contribution in [0.1, 0.15) is 72.8 Å². The van der Waals surface area contributed by atoms with E-state index in [0.29, 0.717) is 25.2 Å². The van der Waals surface area contributed by atoms with Crippen LogP contribution in [0, 0.1) is 0 Å². The summed E-state index contributed by atoms with van der Waals surface area (Å²) < 4.78 is 10.4. The number of benzene rings is 1. The molecule has 0 spiro atoms. The average molecular weight is 491 g/mol. The van der Waals surface area contributed by atoms with Gasteiger partial charge in [0, 0.05) is 31.7 Å². The van der Waals surface area contributed by atoms with Gasteiger partial charge in [0.15, 0.2) is 0 Å². The summed E-state index contributed by atoms with van der Waals surface area (Å²) in [6.07, 6.45) is 3.99. The van der Waals surface area contributed by atoms with Gasteiger partial charge in [-0.3, -0.25) is 4.90 Å². The van der Waals surface area contributed by atoms with Gasteiger partial charge in [0.25, 0.3) is 0 Å². The van der Waals surface area contributed by atoms with E-state index in [0.717, 1.165) is 32.5 Å². The maximum Gasteiger partial charge on any atom is 0.407 e. The van der Waals surface area contributed by atoms with E-state index in [9.17, 15) is 9.59 Å². The van der Waals surface area contributed by atoms with E-state index in [1.165, 1.54) is 18.4 Å². The molecule has 2 atom stereocenters. The van der Waals surface area contributed by atoms with Crippen LogP contribution in [0.5, 0.6) is 0 Å². The molecule has 2 saturated heterocycles. The van der Waals surface area contributed by atoms with Crippen molar-refractivity contribution in [3.8, 4) is 0 Å². The van der Waals surface area contributed by atoms with Crippen molar-refractivity contribution in [1.82, 2.24) is 20.9 Å². The van der Waals surface area contributed by atoms with Crippen LogP contribution in [0.25, 0.3) is 0 Å². The number of nitrogens with zero attached hydrogens (tertiary/aromatic N) is 1. The Kier molecular flexibility index (Phi) is 11.3. The lowest BCUT2D eigenvalue weighted by Gasteiger charge is -2.26. The molecule has 3 rings (SSSR count). The Morgan fingerprint density at radius 2 is 1.51 bits per heavy atom. The highest BCUT2D eigenvalue weighted by Gasteiger charge is 2.26. The van der Waals surface area contributed by atoms with Gasteiger partial charge in [-0.25, -0.2) is 9.59 Å². The van der Waals surface area contributed by atoms with E-state index in [4.69, 9.17) is 9.47 Å². The predicted molar refractivity (Wildman–Crippen MR) is 139 cm³/mol. The third-order valence-corrected chi connectivity index (χ3v) is 5.66. The van der Waals surface area contributed by atoms with E-state index in [1.807, 2.05) is 47.6 Å². The highest BCUT2D eigenvalue weighted by molar-refractivity contribution is 5.68. The molecular formula is C27H46N4O4. The molecule has 8 nitrogen and oxygen atoms in total. The van der Waals surface area contributed by atoms with Crippen molar-refractivity contribution in [2.45, 2.75) is 97.1 Å². The topological polar surface area (TPSA) is 91.9 Å². The summed E-state index contributed by atoms with van der Waals surface area (Å²) in [5.41, 5.74) is 0.470. The number of rotatable bonds is 6. The minimum absolute atomic E-state index is 0.325. The molecular weight excluding hydrogens is 444 g/mol. The fourth-order valence-corrected chi connectivity index (χ4v) is 4.12. The van der Waals surface area contributed by atoms with E-state index in [2.05, 4.69) is 45.1 Å². The number of ether oxygens (including phenoxy) is 2. The zero-order valence-electron chi connectivity index (χ0n) is 22.5. The Morgan fingerprint density at radius 3 is 2.06 bits per heavy atom. The molecule has 2 aliphatic heterocycles. The van der Waals surface area contributed by atoms with Crippen molar-refractivity contribution >= 4 is 12.2 Å². The summed E-state index contributed by atoms with van der Waals surface area (Å²) in [7, 11) is 0. The van der Waals surface area contributed by atoms with Crippen molar-refractivity contribution < 1.29 is 19.1 Å². The van der Waals surface area contributed by atoms with E-state index >= 15 is 0 Å². The number of amides is 2. The molecule has 8 heteroatoms. The van der Waals surface area contributed by atoms with Crippen LogP contribution in [0.3, 0.4) is 0 Å². The first-order chi connectivity index (χ1) is 16.4. The standard InChI is InChI=1S/C17H26N2O2.C10H20N2O2/c1-17(2,3)21-16(20)18-12-15-10-7-11-19(15)13-14-8-5-4-6-9-14;1-10(2,3)14-9(13)12-7-8-5-4-6-11-8/h4-6,8-9,15H,7,10-13H2,1-3H3,(H,18,20);8,11H,4-7H2,1-3H3,(H,12,13)/t15-;8-/m00/s1. The lowest BCUT2D eigenvalue weighted by molar-refractivity contribution is 0.0505. The fraction of sp³-hybridized carbons (Fsp3) is 0.704. The highest BCUT2D eigenvalue weighted by atomic mass is 16.6. The van der Waals surface area contributed by atoms with Gasteiger partial charge in [-0.1, -0.05) is 30.3 Å². The van der Waals surface area contributed by atoms with E-state index in [-0.39, 0.29) is 12.2 Å². The van der Waals surface area contributed by atoms with Crippen LogP contribution in [-0.4, -0.2) is 66.6 Å². The van der Waals surface area contributed by atoms with Crippen molar-refractivity contribution in [1.29, 1.82) is 0 Å². The summed E-state index contributed by atoms with van der Waals surface area (Å²) in [6, 6.07) is 11.3. The van der Waals surface area contributed by atoms with Crippen LogP contribution in [0.4, 0.5) is 9.59 Å². The van der Waals surface area contributed by atoms with Gasteiger partial charge < -0.3 is 25.4 Å². The molecule has 2 heterocycles. The first-order valence-corrected chi connectivity index (χ1v) is 12.9. The Labute approximate surface area is 211 Å². The number of likely N-dealkylation sites (tertiary alicyclic amines) is 1. The Balaban J connectivity index is 0.000000269. The third kappa shape index (κ3) is 12.8. The second-order valence-corrected chi connectivity index (χ2v) is 11.3. The van der Waals surface area contributed by atoms with Gasteiger partial charge in [-0.05, 0) is 85.9 Å². The van der Waals surface area contributed by atoms with Crippen molar-refractivity contribution in [2.24, 2.45) is 0 Å². The smallest absolute Gasteiger partial charge is 0.407 e. The Hall–Kier alpha value is -2.32. The maximum absolute atomic E-state index is 11.7. The molecule has 1 aromatic carbocycles. The van der Waals surface area contributed by atoms with Crippen molar-refractivity contribution in [2.75, 3.05) is 26.2 Å². The zero-order chi connectivity index (χ0) is 25.9. The van der Waals surface area contributed by atoms with Gasteiger partial charge in [0.05, 0.1) is 0 Å². The molecule has 2 aliphatic rings. The van der Waals surface area contributed by atoms with Crippen LogP contribution < -0.4 is 16.0 Å². The van der Waals surface area contributed by atoms with Gasteiger partial charge in [0.2, 0.25) is 0 Å². The van der Waals surface area contributed by atoms with Gasteiger partial charge in [0.1, 0.15) is 11.2 Å². The number of nitrogens with one attached hydrogen (secondary N) is 3.